The fourth-order valence-electron chi connectivity index (χ4n) is 1.17. The predicted octanol–water partition coefficient (Wildman–Crippen LogP) is 3.13. The van der Waals surface area contributed by atoms with Crippen molar-refractivity contribution >= 4 is 33.0 Å². The molecule has 64 valence electrons. The molecule has 2 nitrogen and oxygen atoms in total. The molecular formula is C9H4ClNOS. The van der Waals surface area contributed by atoms with Crippen molar-refractivity contribution < 1.29 is 5.11 Å². The highest BCUT2D eigenvalue weighted by atomic mass is 35.5. The van der Waals surface area contributed by atoms with Crippen LogP contribution in [0, 0.1) is 11.3 Å². The van der Waals surface area contributed by atoms with E-state index < -0.39 is 0 Å². The lowest BCUT2D eigenvalue weighted by molar-refractivity contribution is 0.482. The highest BCUT2D eigenvalue weighted by Crippen LogP contribution is 2.36. The molecule has 0 spiro atoms. The Balaban J connectivity index is 2.94. The van der Waals surface area contributed by atoms with E-state index in [1.165, 1.54) is 17.4 Å². The first-order valence-electron chi connectivity index (χ1n) is 3.53. The van der Waals surface area contributed by atoms with Gasteiger partial charge in [-0.3, -0.25) is 0 Å². The van der Waals surface area contributed by atoms with Gasteiger partial charge >= 0.3 is 0 Å². The molecule has 0 aliphatic carbocycles. The Hall–Kier alpha value is -1.24. The third-order valence-corrected chi connectivity index (χ3v) is 3.05. The Morgan fingerprint density at radius 1 is 1.46 bits per heavy atom. The lowest BCUT2D eigenvalue weighted by Gasteiger charge is -1.94. The summed E-state index contributed by atoms with van der Waals surface area (Å²) in [4.78, 5) is 0. The minimum absolute atomic E-state index is 0.164. The Morgan fingerprint density at radius 3 is 2.92 bits per heavy atom. The van der Waals surface area contributed by atoms with Gasteiger partial charge in [0.25, 0.3) is 0 Å². The van der Waals surface area contributed by atoms with Crippen LogP contribution in [0.15, 0.2) is 18.2 Å². The molecule has 1 aromatic carbocycles. The van der Waals surface area contributed by atoms with E-state index in [1.54, 1.807) is 12.1 Å². The molecule has 0 aliphatic heterocycles. The van der Waals surface area contributed by atoms with Gasteiger partial charge in [0.15, 0.2) is 0 Å². The summed E-state index contributed by atoms with van der Waals surface area (Å²) >= 11 is 7.08. The van der Waals surface area contributed by atoms with Crippen LogP contribution in [0.1, 0.15) is 5.56 Å². The minimum atomic E-state index is 0.164. The third kappa shape index (κ3) is 1.24. The van der Waals surface area contributed by atoms with E-state index in [1.807, 2.05) is 0 Å². The Labute approximate surface area is 83.6 Å². The van der Waals surface area contributed by atoms with Crippen LogP contribution in [0.5, 0.6) is 5.75 Å². The molecule has 4 heteroatoms. The molecule has 0 aliphatic rings. The number of aromatic hydroxyl groups is 1. The van der Waals surface area contributed by atoms with E-state index in [9.17, 15) is 5.11 Å². The molecule has 0 atom stereocenters. The topological polar surface area (TPSA) is 44.0 Å². The molecular weight excluding hydrogens is 206 g/mol. The molecule has 0 saturated carbocycles. The second kappa shape index (κ2) is 2.91. The molecule has 1 aromatic heterocycles. The lowest BCUT2D eigenvalue weighted by atomic mass is 10.2. The van der Waals surface area contributed by atoms with Crippen LogP contribution in [0.3, 0.4) is 0 Å². The molecule has 0 unspecified atom stereocenters. The van der Waals surface area contributed by atoms with E-state index in [0.29, 0.717) is 15.3 Å². The van der Waals surface area contributed by atoms with E-state index in [4.69, 9.17) is 16.9 Å². The highest BCUT2D eigenvalue weighted by Gasteiger charge is 2.08. The van der Waals surface area contributed by atoms with Crippen molar-refractivity contribution in [3.05, 3.63) is 28.1 Å². The molecule has 2 rings (SSSR count). The first-order chi connectivity index (χ1) is 6.22. The van der Waals surface area contributed by atoms with Crippen LogP contribution in [-0.2, 0) is 0 Å². The Morgan fingerprint density at radius 2 is 2.23 bits per heavy atom. The number of nitriles is 1. The van der Waals surface area contributed by atoms with Gasteiger partial charge in [-0.05, 0) is 18.2 Å². The molecule has 0 amide bonds. The Bertz CT molecular complexity index is 512. The Kier molecular flexibility index (Phi) is 1.87. The van der Waals surface area contributed by atoms with Gasteiger partial charge in [0.2, 0.25) is 0 Å². The van der Waals surface area contributed by atoms with Gasteiger partial charge in [-0.2, -0.15) is 5.26 Å². The molecule has 0 bridgehead atoms. The van der Waals surface area contributed by atoms with Gasteiger partial charge in [0.05, 0.1) is 14.6 Å². The maximum Gasteiger partial charge on any atom is 0.124 e. The normalized spacial score (nSPS) is 10.2. The summed E-state index contributed by atoms with van der Waals surface area (Å²) in [5.74, 6) is 0.164. The maximum absolute atomic E-state index is 9.44. The van der Waals surface area contributed by atoms with E-state index >= 15 is 0 Å². The zero-order valence-electron chi connectivity index (χ0n) is 6.41. The van der Waals surface area contributed by atoms with Crippen LogP contribution in [0.4, 0.5) is 0 Å². The van der Waals surface area contributed by atoms with Crippen LogP contribution >= 0.6 is 22.9 Å². The number of benzene rings is 1. The number of hydrogen-bond donors (Lipinski definition) is 1. The largest absolute Gasteiger partial charge is 0.507 e. The van der Waals surface area contributed by atoms with Crippen molar-refractivity contribution in [2.75, 3.05) is 0 Å². The first-order valence-corrected chi connectivity index (χ1v) is 4.73. The summed E-state index contributed by atoms with van der Waals surface area (Å²) in [6, 6.07) is 6.81. The summed E-state index contributed by atoms with van der Waals surface area (Å²) in [6.07, 6.45) is 0. The van der Waals surface area contributed by atoms with Gasteiger partial charge in [-0.1, -0.05) is 11.6 Å². The first kappa shape index (κ1) is 8.36. The molecule has 0 fully saturated rings. The predicted molar refractivity (Wildman–Crippen MR) is 53.2 cm³/mol. The quantitative estimate of drug-likeness (QED) is 0.725. The van der Waals surface area contributed by atoms with E-state index in [-0.39, 0.29) is 5.75 Å². The smallest absolute Gasteiger partial charge is 0.124 e. The second-order valence-corrected chi connectivity index (χ2v) is 4.22. The number of phenolic OH excluding ortho intramolecular Hbond substituents is 1. The average molecular weight is 210 g/mol. The summed E-state index contributed by atoms with van der Waals surface area (Å²) in [5, 5.41) is 18.9. The molecule has 1 heterocycles. The summed E-state index contributed by atoms with van der Waals surface area (Å²) in [6.45, 7) is 0. The van der Waals surface area contributed by atoms with Crippen LogP contribution in [0.2, 0.25) is 4.34 Å². The fourth-order valence-corrected chi connectivity index (χ4v) is 2.38. The molecule has 13 heavy (non-hydrogen) atoms. The third-order valence-electron chi connectivity index (χ3n) is 1.75. The number of rotatable bonds is 0. The standard InChI is InChI=1S/C9H4ClNOS/c10-8-3-6-7(12)2-1-5(4-11)9(6)13-8/h1-3,12H. The van der Waals surface area contributed by atoms with Crippen LogP contribution in [0.25, 0.3) is 10.1 Å². The van der Waals surface area contributed by atoms with Crippen LogP contribution < -0.4 is 0 Å². The molecule has 1 N–H and O–H groups in total. The zero-order valence-corrected chi connectivity index (χ0v) is 7.99. The number of phenols is 1. The second-order valence-electron chi connectivity index (χ2n) is 2.54. The van der Waals surface area contributed by atoms with Crippen molar-refractivity contribution in [2.45, 2.75) is 0 Å². The average Bonchev–Trinajstić information content (AvgIpc) is 2.48. The SMILES string of the molecule is N#Cc1ccc(O)c2cc(Cl)sc12. The number of nitrogens with zero attached hydrogens (tertiary/aromatic N) is 1. The van der Waals surface area contributed by atoms with Gasteiger partial charge in [0, 0.05) is 5.39 Å². The van der Waals surface area contributed by atoms with Crippen molar-refractivity contribution in [1.82, 2.24) is 0 Å². The molecule has 0 radical (unpaired) electrons. The van der Waals surface area contributed by atoms with E-state index in [2.05, 4.69) is 6.07 Å². The lowest BCUT2D eigenvalue weighted by Crippen LogP contribution is -1.73. The summed E-state index contributed by atoms with van der Waals surface area (Å²) in [7, 11) is 0. The van der Waals surface area contributed by atoms with E-state index in [0.717, 1.165) is 4.70 Å². The van der Waals surface area contributed by atoms with Gasteiger partial charge in [-0.25, -0.2) is 0 Å². The number of thiophene rings is 1. The monoisotopic (exact) mass is 209 g/mol. The van der Waals surface area contributed by atoms with Crippen molar-refractivity contribution in [1.29, 1.82) is 5.26 Å². The van der Waals surface area contributed by atoms with Crippen molar-refractivity contribution in [3.63, 3.8) is 0 Å². The van der Waals surface area contributed by atoms with Gasteiger partial charge < -0.3 is 5.11 Å². The van der Waals surface area contributed by atoms with Crippen LogP contribution in [-0.4, -0.2) is 5.11 Å². The summed E-state index contributed by atoms with van der Waals surface area (Å²) < 4.78 is 1.32. The highest BCUT2D eigenvalue weighted by molar-refractivity contribution is 7.23. The summed E-state index contributed by atoms with van der Waals surface area (Å²) in [5.41, 5.74) is 0.546. The van der Waals surface area contributed by atoms with Crippen molar-refractivity contribution in [2.24, 2.45) is 0 Å². The number of fused-ring (bicyclic) bond motifs is 1. The molecule has 0 saturated heterocycles. The van der Waals surface area contributed by atoms with Gasteiger partial charge in [0.1, 0.15) is 11.8 Å². The van der Waals surface area contributed by atoms with Gasteiger partial charge in [-0.15, -0.1) is 11.3 Å². The minimum Gasteiger partial charge on any atom is -0.507 e. The zero-order chi connectivity index (χ0) is 9.42. The maximum atomic E-state index is 9.44. The molecule has 2 aromatic rings. The van der Waals surface area contributed by atoms with Crippen molar-refractivity contribution in [3.8, 4) is 11.8 Å². The number of halogens is 1. The fraction of sp³-hybridized carbons (Fsp3) is 0. The number of hydrogen-bond acceptors (Lipinski definition) is 3.